The van der Waals surface area contributed by atoms with Crippen LogP contribution in [-0.2, 0) is 0 Å². The molecule has 11 heavy (non-hydrogen) atoms. The summed E-state index contributed by atoms with van der Waals surface area (Å²) in [5, 5.41) is 0. The highest BCUT2D eigenvalue weighted by Crippen LogP contribution is 2.17. The van der Waals surface area contributed by atoms with Gasteiger partial charge in [0.15, 0.2) is 0 Å². The van der Waals surface area contributed by atoms with Crippen molar-refractivity contribution in [1.82, 2.24) is 4.90 Å². The Labute approximate surface area is 67.9 Å². The van der Waals surface area contributed by atoms with Crippen LogP contribution < -0.4 is 0 Å². The molecule has 0 saturated carbocycles. The van der Waals surface area contributed by atoms with Gasteiger partial charge < -0.3 is 4.90 Å². The van der Waals surface area contributed by atoms with Crippen LogP contribution in [0.5, 0.6) is 0 Å². The van der Waals surface area contributed by atoms with E-state index in [1.807, 2.05) is 18.0 Å². The van der Waals surface area contributed by atoms with Gasteiger partial charge in [-0.1, -0.05) is 20.4 Å². The zero-order valence-corrected chi connectivity index (χ0v) is 7.33. The maximum atomic E-state index is 4.26. The van der Waals surface area contributed by atoms with Crippen LogP contribution in [0, 0.1) is 5.92 Å². The molecular formula is C9H14N2. The van der Waals surface area contributed by atoms with E-state index in [1.165, 1.54) is 0 Å². The molecule has 1 aliphatic heterocycles. The summed E-state index contributed by atoms with van der Waals surface area (Å²) in [5.74, 6) is 0.483. The van der Waals surface area contributed by atoms with Gasteiger partial charge in [0.1, 0.15) is 0 Å². The smallest absolute Gasteiger partial charge is 0.0950 e. The first kappa shape index (κ1) is 8.05. The van der Waals surface area contributed by atoms with E-state index in [2.05, 4.69) is 25.4 Å². The van der Waals surface area contributed by atoms with Crippen molar-refractivity contribution in [3.8, 4) is 0 Å². The first-order valence-corrected chi connectivity index (χ1v) is 3.79. The van der Waals surface area contributed by atoms with E-state index >= 15 is 0 Å². The third-order valence-corrected chi connectivity index (χ3v) is 1.74. The monoisotopic (exact) mass is 150 g/mol. The summed E-state index contributed by atoms with van der Waals surface area (Å²) in [6.45, 7) is 8.14. The molecule has 0 N–H and O–H groups in total. The van der Waals surface area contributed by atoms with Crippen molar-refractivity contribution in [3.63, 3.8) is 0 Å². The Bertz CT molecular complexity index is 224. The topological polar surface area (TPSA) is 15.6 Å². The average molecular weight is 150 g/mol. The molecule has 0 atom stereocenters. The number of hydrogen-bond acceptors (Lipinski definition) is 2. The first-order valence-electron chi connectivity index (χ1n) is 3.79. The minimum atomic E-state index is 0.483. The lowest BCUT2D eigenvalue weighted by Crippen LogP contribution is -2.17. The first-order chi connectivity index (χ1) is 5.11. The standard InChI is InChI=1S/C9H14N2/c1-7(2)9-5-8(3)11(4)6-10-9/h5-7H,3H2,1-2,4H3. The summed E-state index contributed by atoms with van der Waals surface area (Å²) in [6, 6.07) is 0. The molecule has 1 aliphatic rings. The fourth-order valence-corrected chi connectivity index (χ4v) is 0.853. The lowest BCUT2D eigenvalue weighted by Gasteiger charge is -2.19. The Morgan fingerprint density at radius 2 is 2.18 bits per heavy atom. The lowest BCUT2D eigenvalue weighted by atomic mass is 10.1. The molecule has 0 aromatic carbocycles. The summed E-state index contributed by atoms with van der Waals surface area (Å²) in [5.41, 5.74) is 2.11. The van der Waals surface area contributed by atoms with Gasteiger partial charge in [-0.3, -0.25) is 0 Å². The van der Waals surface area contributed by atoms with E-state index in [-0.39, 0.29) is 0 Å². The van der Waals surface area contributed by atoms with E-state index in [0.29, 0.717) is 5.92 Å². The molecule has 1 rings (SSSR count). The number of rotatable bonds is 1. The summed E-state index contributed by atoms with van der Waals surface area (Å²) in [7, 11) is 1.94. The van der Waals surface area contributed by atoms with E-state index < -0.39 is 0 Å². The normalized spacial score (nSPS) is 17.6. The molecule has 2 heteroatoms. The zero-order valence-electron chi connectivity index (χ0n) is 7.33. The van der Waals surface area contributed by atoms with Crippen LogP contribution in [0.1, 0.15) is 13.8 Å². The van der Waals surface area contributed by atoms with Crippen LogP contribution in [-0.4, -0.2) is 18.3 Å². The molecule has 1 heterocycles. The Kier molecular flexibility index (Phi) is 2.13. The molecule has 0 aromatic rings. The highest BCUT2D eigenvalue weighted by atomic mass is 15.1. The zero-order chi connectivity index (χ0) is 8.43. The maximum Gasteiger partial charge on any atom is 0.0950 e. The molecular weight excluding hydrogens is 136 g/mol. The number of hydrogen-bond donors (Lipinski definition) is 0. The Morgan fingerprint density at radius 1 is 1.55 bits per heavy atom. The molecule has 0 unspecified atom stereocenters. The fraction of sp³-hybridized carbons (Fsp3) is 0.444. The third-order valence-electron chi connectivity index (χ3n) is 1.74. The largest absolute Gasteiger partial charge is 0.336 e. The number of nitrogens with zero attached hydrogens (tertiary/aromatic N) is 2. The number of aliphatic imine (C=N–C) groups is 1. The van der Waals surface area contributed by atoms with Crippen LogP contribution in [0.3, 0.4) is 0 Å². The van der Waals surface area contributed by atoms with Crippen LogP contribution in [0.15, 0.2) is 29.0 Å². The fourth-order valence-electron chi connectivity index (χ4n) is 0.853. The van der Waals surface area contributed by atoms with Crippen molar-refractivity contribution in [2.24, 2.45) is 10.9 Å². The van der Waals surface area contributed by atoms with Crippen LogP contribution >= 0.6 is 0 Å². The molecule has 2 nitrogen and oxygen atoms in total. The van der Waals surface area contributed by atoms with Crippen molar-refractivity contribution >= 4 is 6.34 Å². The minimum absolute atomic E-state index is 0.483. The van der Waals surface area contributed by atoms with Crippen molar-refractivity contribution in [2.45, 2.75) is 13.8 Å². The maximum absolute atomic E-state index is 4.26. The minimum Gasteiger partial charge on any atom is -0.336 e. The van der Waals surface area contributed by atoms with Gasteiger partial charge in [-0.25, -0.2) is 4.99 Å². The third kappa shape index (κ3) is 1.70. The molecule has 60 valence electrons. The SMILES string of the molecule is C=C1C=C(C(C)C)N=CN1C. The Morgan fingerprint density at radius 3 is 2.64 bits per heavy atom. The van der Waals surface area contributed by atoms with Gasteiger partial charge in [0.25, 0.3) is 0 Å². The average Bonchev–Trinajstić information content (AvgIpc) is 1.94. The van der Waals surface area contributed by atoms with Crippen molar-refractivity contribution in [2.75, 3.05) is 7.05 Å². The van der Waals surface area contributed by atoms with Crippen molar-refractivity contribution < 1.29 is 0 Å². The van der Waals surface area contributed by atoms with Crippen LogP contribution in [0.2, 0.25) is 0 Å². The highest BCUT2D eigenvalue weighted by molar-refractivity contribution is 5.62. The second kappa shape index (κ2) is 2.91. The highest BCUT2D eigenvalue weighted by Gasteiger charge is 2.07. The van der Waals surface area contributed by atoms with Gasteiger partial charge >= 0.3 is 0 Å². The van der Waals surface area contributed by atoms with E-state index in [0.717, 1.165) is 11.4 Å². The summed E-state index contributed by atoms with van der Waals surface area (Å²) in [6.07, 6.45) is 3.82. The predicted octanol–water partition coefficient (Wildman–Crippen LogP) is 2.01. The molecule has 0 amide bonds. The van der Waals surface area contributed by atoms with Crippen LogP contribution in [0.4, 0.5) is 0 Å². The second-order valence-electron chi connectivity index (χ2n) is 3.07. The van der Waals surface area contributed by atoms with Gasteiger partial charge in [-0.05, 0) is 12.0 Å². The Balaban J connectivity index is 2.80. The van der Waals surface area contributed by atoms with Gasteiger partial charge in [0, 0.05) is 18.4 Å². The molecule has 0 fully saturated rings. The quantitative estimate of drug-likeness (QED) is 0.558. The Hall–Kier alpha value is -1.05. The lowest BCUT2D eigenvalue weighted by molar-refractivity contribution is 0.639. The van der Waals surface area contributed by atoms with Crippen molar-refractivity contribution in [1.29, 1.82) is 0 Å². The van der Waals surface area contributed by atoms with Gasteiger partial charge in [0.2, 0.25) is 0 Å². The molecule has 0 bridgehead atoms. The molecule has 0 spiro atoms. The van der Waals surface area contributed by atoms with Crippen LogP contribution in [0.25, 0.3) is 0 Å². The molecule has 0 aliphatic carbocycles. The molecule has 0 radical (unpaired) electrons. The summed E-state index contributed by atoms with van der Waals surface area (Å²) < 4.78 is 0. The summed E-state index contributed by atoms with van der Waals surface area (Å²) in [4.78, 5) is 6.17. The number of likely N-dealkylation sites (N-methyl/N-ethyl adjacent to an activating group) is 1. The van der Waals surface area contributed by atoms with Gasteiger partial charge in [-0.15, -0.1) is 0 Å². The van der Waals surface area contributed by atoms with E-state index in [1.54, 1.807) is 6.34 Å². The van der Waals surface area contributed by atoms with Crippen molar-refractivity contribution in [3.05, 3.63) is 24.0 Å². The van der Waals surface area contributed by atoms with E-state index in [4.69, 9.17) is 0 Å². The molecule has 0 saturated heterocycles. The van der Waals surface area contributed by atoms with E-state index in [9.17, 15) is 0 Å². The van der Waals surface area contributed by atoms with Gasteiger partial charge in [-0.2, -0.15) is 0 Å². The summed E-state index contributed by atoms with van der Waals surface area (Å²) >= 11 is 0. The number of allylic oxidation sites excluding steroid dienone is 2. The molecule has 0 aromatic heterocycles. The predicted molar refractivity (Wildman–Crippen MR) is 48.3 cm³/mol. The second-order valence-corrected chi connectivity index (χ2v) is 3.07. The van der Waals surface area contributed by atoms with Gasteiger partial charge in [0.05, 0.1) is 6.34 Å².